The van der Waals surface area contributed by atoms with Crippen molar-refractivity contribution in [1.82, 2.24) is 20.8 Å². The van der Waals surface area contributed by atoms with Gasteiger partial charge < -0.3 is 15.2 Å². The maximum absolute atomic E-state index is 13.6. The molecule has 2 N–H and O–H groups in total. The van der Waals surface area contributed by atoms with Gasteiger partial charge in [-0.2, -0.15) is 4.98 Å². The average molecular weight is 428 g/mol. The Morgan fingerprint density at radius 1 is 0.935 bits per heavy atom. The lowest BCUT2D eigenvalue weighted by atomic mass is 9.87. The van der Waals surface area contributed by atoms with Crippen LogP contribution >= 0.6 is 0 Å². The van der Waals surface area contributed by atoms with E-state index in [1.165, 1.54) is 6.07 Å². The predicted molar refractivity (Wildman–Crippen MR) is 109 cm³/mol. The third-order valence-corrected chi connectivity index (χ3v) is 4.52. The van der Waals surface area contributed by atoms with Gasteiger partial charge in [-0.3, -0.25) is 9.59 Å². The molecule has 162 valence electrons. The predicted octanol–water partition coefficient (Wildman–Crippen LogP) is 3.47. The Labute approximate surface area is 177 Å². The SMILES string of the molecule is CC(C)(C)c1ccc(-c2noc(C(=O)NCCNC(=O)c3c(F)cccc3F)n2)cc1. The van der Waals surface area contributed by atoms with Crippen LogP contribution in [0.25, 0.3) is 11.4 Å². The highest BCUT2D eigenvalue weighted by molar-refractivity contribution is 5.94. The number of hydrogen-bond acceptors (Lipinski definition) is 5. The normalized spacial score (nSPS) is 11.3. The molecular formula is C22H22F2N4O3. The summed E-state index contributed by atoms with van der Waals surface area (Å²) >= 11 is 0. The van der Waals surface area contributed by atoms with Crippen molar-refractivity contribution in [2.24, 2.45) is 0 Å². The van der Waals surface area contributed by atoms with Gasteiger partial charge >= 0.3 is 11.8 Å². The molecule has 0 radical (unpaired) electrons. The molecule has 0 saturated heterocycles. The van der Waals surface area contributed by atoms with E-state index in [0.29, 0.717) is 5.56 Å². The molecule has 3 rings (SSSR count). The van der Waals surface area contributed by atoms with Gasteiger partial charge in [-0.1, -0.05) is 56.3 Å². The second-order valence-electron chi connectivity index (χ2n) is 7.86. The van der Waals surface area contributed by atoms with E-state index in [-0.39, 0.29) is 30.2 Å². The molecular weight excluding hydrogens is 406 g/mol. The Morgan fingerprint density at radius 2 is 1.52 bits per heavy atom. The van der Waals surface area contributed by atoms with Gasteiger partial charge in [0, 0.05) is 18.7 Å². The van der Waals surface area contributed by atoms with Crippen LogP contribution in [0.1, 0.15) is 47.4 Å². The molecule has 0 saturated carbocycles. The van der Waals surface area contributed by atoms with Crippen LogP contribution in [0.15, 0.2) is 47.0 Å². The second kappa shape index (κ2) is 9.03. The number of hydrogen-bond donors (Lipinski definition) is 2. The molecule has 2 amide bonds. The Balaban J connectivity index is 1.53. The van der Waals surface area contributed by atoms with Gasteiger partial charge in [-0.25, -0.2) is 8.78 Å². The van der Waals surface area contributed by atoms with Gasteiger partial charge in [-0.05, 0) is 23.1 Å². The van der Waals surface area contributed by atoms with Crippen LogP contribution in [0.5, 0.6) is 0 Å². The van der Waals surface area contributed by atoms with Crippen molar-refractivity contribution in [3.05, 3.63) is 71.1 Å². The first-order valence-electron chi connectivity index (χ1n) is 9.62. The fraction of sp³-hybridized carbons (Fsp3) is 0.273. The summed E-state index contributed by atoms with van der Waals surface area (Å²) in [4.78, 5) is 28.1. The van der Waals surface area contributed by atoms with E-state index >= 15 is 0 Å². The molecule has 31 heavy (non-hydrogen) atoms. The fourth-order valence-electron chi connectivity index (χ4n) is 2.78. The number of aromatic nitrogens is 2. The molecule has 2 aromatic carbocycles. The third-order valence-electron chi connectivity index (χ3n) is 4.52. The average Bonchev–Trinajstić information content (AvgIpc) is 3.21. The lowest BCUT2D eigenvalue weighted by Crippen LogP contribution is -2.35. The molecule has 0 aliphatic rings. The van der Waals surface area contributed by atoms with Gasteiger partial charge in [0.15, 0.2) is 0 Å². The summed E-state index contributed by atoms with van der Waals surface area (Å²) < 4.78 is 32.2. The van der Waals surface area contributed by atoms with E-state index in [2.05, 4.69) is 41.5 Å². The molecule has 0 aliphatic carbocycles. The van der Waals surface area contributed by atoms with E-state index < -0.39 is 29.0 Å². The van der Waals surface area contributed by atoms with Gasteiger partial charge in [0.25, 0.3) is 5.91 Å². The van der Waals surface area contributed by atoms with Crippen molar-refractivity contribution in [1.29, 1.82) is 0 Å². The summed E-state index contributed by atoms with van der Waals surface area (Å²) in [5.41, 5.74) is 1.19. The number of carbonyl (C=O) groups excluding carboxylic acids is 2. The van der Waals surface area contributed by atoms with Crippen molar-refractivity contribution in [3.63, 3.8) is 0 Å². The van der Waals surface area contributed by atoms with Crippen molar-refractivity contribution >= 4 is 11.8 Å². The van der Waals surface area contributed by atoms with E-state index in [9.17, 15) is 18.4 Å². The molecule has 0 spiro atoms. The topological polar surface area (TPSA) is 97.1 Å². The number of nitrogens with one attached hydrogen (secondary N) is 2. The molecule has 0 aliphatic heterocycles. The highest BCUT2D eigenvalue weighted by Crippen LogP contribution is 2.25. The first-order valence-corrected chi connectivity index (χ1v) is 9.62. The molecule has 0 fully saturated rings. The van der Waals surface area contributed by atoms with Gasteiger partial charge in [0.2, 0.25) is 5.82 Å². The van der Waals surface area contributed by atoms with E-state index in [0.717, 1.165) is 17.7 Å². The van der Waals surface area contributed by atoms with E-state index in [1.807, 2.05) is 24.3 Å². The van der Waals surface area contributed by atoms with Gasteiger partial charge in [0.05, 0.1) is 0 Å². The zero-order valence-corrected chi connectivity index (χ0v) is 17.3. The second-order valence-corrected chi connectivity index (χ2v) is 7.86. The monoisotopic (exact) mass is 428 g/mol. The number of amides is 2. The minimum Gasteiger partial charge on any atom is -0.350 e. The van der Waals surface area contributed by atoms with Crippen LogP contribution < -0.4 is 10.6 Å². The first kappa shape index (κ1) is 22.1. The zero-order chi connectivity index (χ0) is 22.6. The van der Waals surface area contributed by atoms with Crippen molar-refractivity contribution in [2.75, 3.05) is 13.1 Å². The number of carbonyl (C=O) groups is 2. The standard InChI is InChI=1S/C22H22F2N4O3/c1-22(2,3)14-9-7-13(8-10-14)18-27-21(31-28-18)20(30)26-12-11-25-19(29)17-15(23)5-4-6-16(17)24/h4-10H,11-12H2,1-3H3,(H,25,29)(H,26,30). The van der Waals surface area contributed by atoms with Crippen molar-refractivity contribution < 1.29 is 22.9 Å². The largest absolute Gasteiger partial charge is 0.350 e. The van der Waals surface area contributed by atoms with E-state index in [4.69, 9.17) is 4.52 Å². The lowest BCUT2D eigenvalue weighted by Gasteiger charge is -2.18. The molecule has 1 aromatic heterocycles. The number of benzene rings is 2. The van der Waals surface area contributed by atoms with Crippen LogP contribution in [-0.2, 0) is 5.41 Å². The van der Waals surface area contributed by atoms with Gasteiger partial charge in [-0.15, -0.1) is 0 Å². The molecule has 1 heterocycles. The molecule has 9 heteroatoms. The van der Waals surface area contributed by atoms with Crippen LogP contribution in [0.2, 0.25) is 0 Å². The third kappa shape index (κ3) is 5.30. The Hall–Kier alpha value is -3.62. The summed E-state index contributed by atoms with van der Waals surface area (Å²) in [6, 6.07) is 10.8. The quantitative estimate of drug-likeness (QED) is 0.586. The van der Waals surface area contributed by atoms with E-state index in [1.54, 1.807) is 0 Å². The molecule has 0 unspecified atom stereocenters. The molecule has 7 nitrogen and oxygen atoms in total. The minimum absolute atomic E-state index is 0.00135. The molecule has 0 atom stereocenters. The van der Waals surface area contributed by atoms with Crippen LogP contribution in [0.4, 0.5) is 8.78 Å². The summed E-state index contributed by atoms with van der Waals surface area (Å²) in [5.74, 6) is -3.43. The number of rotatable bonds is 6. The minimum atomic E-state index is -0.963. The number of halogens is 2. The lowest BCUT2D eigenvalue weighted by molar-refractivity contribution is 0.0896. The number of nitrogens with zero attached hydrogens (tertiary/aromatic N) is 2. The summed E-state index contributed by atoms with van der Waals surface area (Å²) in [5, 5.41) is 8.64. The van der Waals surface area contributed by atoms with Crippen molar-refractivity contribution in [3.8, 4) is 11.4 Å². The maximum atomic E-state index is 13.6. The summed E-state index contributed by atoms with van der Waals surface area (Å²) in [7, 11) is 0. The smallest absolute Gasteiger partial charge is 0.316 e. The first-order chi connectivity index (χ1) is 14.7. The van der Waals surface area contributed by atoms with Crippen LogP contribution in [0, 0.1) is 11.6 Å². The Morgan fingerprint density at radius 3 is 2.10 bits per heavy atom. The highest BCUT2D eigenvalue weighted by Gasteiger charge is 2.19. The maximum Gasteiger partial charge on any atom is 0.316 e. The summed E-state index contributed by atoms with van der Waals surface area (Å²) in [6.45, 7) is 6.27. The van der Waals surface area contributed by atoms with Crippen LogP contribution in [-0.4, -0.2) is 35.0 Å². The molecule has 3 aromatic rings. The molecule has 0 bridgehead atoms. The Bertz CT molecular complexity index is 1070. The van der Waals surface area contributed by atoms with Crippen molar-refractivity contribution in [2.45, 2.75) is 26.2 Å². The highest BCUT2D eigenvalue weighted by atomic mass is 19.1. The fourth-order valence-corrected chi connectivity index (χ4v) is 2.78. The van der Waals surface area contributed by atoms with Gasteiger partial charge in [0.1, 0.15) is 17.2 Å². The van der Waals surface area contributed by atoms with Crippen LogP contribution in [0.3, 0.4) is 0 Å². The zero-order valence-electron chi connectivity index (χ0n) is 17.3. The summed E-state index contributed by atoms with van der Waals surface area (Å²) in [6.07, 6.45) is 0. The Kier molecular flexibility index (Phi) is 6.43.